The summed E-state index contributed by atoms with van der Waals surface area (Å²) in [5.74, 6) is 5.65. The predicted octanol–water partition coefficient (Wildman–Crippen LogP) is 0.0725. The summed E-state index contributed by atoms with van der Waals surface area (Å²) in [6.45, 7) is 3.95. The summed E-state index contributed by atoms with van der Waals surface area (Å²) >= 11 is 0. The van der Waals surface area contributed by atoms with E-state index in [0.29, 0.717) is 17.6 Å². The molecule has 108 valence electrons. The number of nitrogens with one attached hydrogen (secondary N) is 1. The van der Waals surface area contributed by atoms with E-state index in [0.717, 1.165) is 19.5 Å². The molecule has 3 heterocycles. The number of hydrogen-bond donors (Lipinski definition) is 2. The van der Waals surface area contributed by atoms with Gasteiger partial charge in [0.2, 0.25) is 0 Å². The van der Waals surface area contributed by atoms with Gasteiger partial charge in [0.25, 0.3) is 5.91 Å². The lowest BCUT2D eigenvalue weighted by atomic mass is 10.2. The van der Waals surface area contributed by atoms with Gasteiger partial charge in [-0.05, 0) is 32.4 Å². The summed E-state index contributed by atoms with van der Waals surface area (Å²) in [6, 6.07) is 0.513. The highest BCUT2D eigenvalue weighted by atomic mass is 16.2. The lowest BCUT2D eigenvalue weighted by molar-refractivity contribution is 0.0774. The number of anilines is 1. The zero-order chi connectivity index (χ0) is 13.9. The second-order valence-electron chi connectivity index (χ2n) is 5.37. The molecule has 20 heavy (non-hydrogen) atoms. The zero-order valence-electron chi connectivity index (χ0n) is 11.5. The minimum atomic E-state index is -0.0391. The van der Waals surface area contributed by atoms with Crippen molar-refractivity contribution in [2.75, 3.05) is 31.6 Å². The molecule has 1 amide bonds. The van der Waals surface area contributed by atoms with E-state index < -0.39 is 0 Å². The average Bonchev–Trinajstić information content (AvgIpc) is 3.17. The van der Waals surface area contributed by atoms with Crippen molar-refractivity contribution in [1.29, 1.82) is 0 Å². The molecular weight excluding hydrogens is 256 g/mol. The minimum Gasteiger partial charge on any atom is -0.336 e. The predicted molar refractivity (Wildman–Crippen MR) is 75.0 cm³/mol. The Labute approximate surface area is 118 Å². The third kappa shape index (κ3) is 2.59. The van der Waals surface area contributed by atoms with E-state index in [1.807, 2.05) is 4.90 Å². The molecule has 0 spiro atoms. The van der Waals surface area contributed by atoms with Crippen LogP contribution >= 0.6 is 0 Å². The smallest absolute Gasteiger partial charge is 0.274 e. The highest BCUT2D eigenvalue weighted by molar-refractivity contribution is 5.92. The Balaban J connectivity index is 1.62. The van der Waals surface area contributed by atoms with Crippen LogP contribution in [0.25, 0.3) is 0 Å². The van der Waals surface area contributed by atoms with Crippen molar-refractivity contribution >= 4 is 11.7 Å². The van der Waals surface area contributed by atoms with Gasteiger partial charge in [0.1, 0.15) is 5.69 Å². The first-order chi connectivity index (χ1) is 9.78. The van der Waals surface area contributed by atoms with Crippen molar-refractivity contribution in [3.8, 4) is 0 Å². The summed E-state index contributed by atoms with van der Waals surface area (Å²) < 4.78 is 0. The lowest BCUT2D eigenvalue weighted by Crippen LogP contribution is -2.37. The Morgan fingerprint density at radius 3 is 2.70 bits per heavy atom. The zero-order valence-corrected chi connectivity index (χ0v) is 11.5. The Morgan fingerprint density at radius 2 is 2.05 bits per heavy atom. The number of carbonyl (C=O) groups excluding carboxylic acids is 1. The van der Waals surface area contributed by atoms with Gasteiger partial charge in [-0.2, -0.15) is 0 Å². The van der Waals surface area contributed by atoms with Crippen LogP contribution in [0.1, 0.15) is 29.8 Å². The summed E-state index contributed by atoms with van der Waals surface area (Å²) in [7, 11) is 0. The maximum Gasteiger partial charge on any atom is 0.274 e. The quantitative estimate of drug-likeness (QED) is 0.600. The molecule has 7 heteroatoms. The summed E-state index contributed by atoms with van der Waals surface area (Å²) in [4.78, 5) is 24.9. The van der Waals surface area contributed by atoms with Gasteiger partial charge >= 0.3 is 0 Å². The first-order valence-electron chi connectivity index (χ1n) is 7.10. The number of rotatable bonds is 3. The van der Waals surface area contributed by atoms with Gasteiger partial charge < -0.3 is 10.3 Å². The van der Waals surface area contributed by atoms with Crippen LogP contribution in [-0.2, 0) is 0 Å². The Morgan fingerprint density at radius 1 is 1.25 bits per heavy atom. The Bertz CT molecular complexity index is 470. The molecule has 2 aliphatic heterocycles. The number of carbonyl (C=O) groups is 1. The molecule has 2 fully saturated rings. The molecular formula is C13H20N6O. The van der Waals surface area contributed by atoms with Gasteiger partial charge in [0.05, 0.1) is 12.4 Å². The third-order valence-corrected chi connectivity index (χ3v) is 4.13. The van der Waals surface area contributed by atoms with Crippen LogP contribution in [0, 0.1) is 0 Å². The van der Waals surface area contributed by atoms with Crippen molar-refractivity contribution in [1.82, 2.24) is 19.8 Å². The maximum absolute atomic E-state index is 12.4. The molecule has 2 aliphatic rings. The van der Waals surface area contributed by atoms with E-state index in [1.54, 1.807) is 0 Å². The van der Waals surface area contributed by atoms with E-state index in [4.69, 9.17) is 5.84 Å². The number of amides is 1. The number of hydrazine groups is 1. The molecule has 2 saturated heterocycles. The fourth-order valence-corrected chi connectivity index (χ4v) is 3.01. The van der Waals surface area contributed by atoms with Gasteiger partial charge in [0.15, 0.2) is 5.82 Å². The fraction of sp³-hybridized carbons (Fsp3) is 0.615. The van der Waals surface area contributed by atoms with Crippen LogP contribution in [0.4, 0.5) is 5.82 Å². The highest BCUT2D eigenvalue weighted by Gasteiger charge is 2.32. The molecule has 1 aromatic heterocycles. The summed E-state index contributed by atoms with van der Waals surface area (Å²) in [5, 5.41) is 0. The first kappa shape index (κ1) is 13.3. The summed E-state index contributed by atoms with van der Waals surface area (Å²) in [5.41, 5.74) is 2.78. The molecule has 3 rings (SSSR count). The maximum atomic E-state index is 12.4. The summed E-state index contributed by atoms with van der Waals surface area (Å²) in [6.07, 6.45) is 6.57. The molecule has 0 aromatic carbocycles. The SMILES string of the molecule is NNc1cnc(C(=O)N2CCC(N3CCCC3)C2)cn1. The van der Waals surface area contributed by atoms with Crippen molar-refractivity contribution in [2.45, 2.75) is 25.3 Å². The van der Waals surface area contributed by atoms with Crippen molar-refractivity contribution < 1.29 is 4.79 Å². The van der Waals surface area contributed by atoms with Gasteiger partial charge in [-0.15, -0.1) is 0 Å². The fourth-order valence-electron chi connectivity index (χ4n) is 3.01. The largest absolute Gasteiger partial charge is 0.336 e. The molecule has 3 N–H and O–H groups in total. The number of nitrogens with zero attached hydrogens (tertiary/aromatic N) is 4. The molecule has 1 aromatic rings. The van der Waals surface area contributed by atoms with Crippen LogP contribution in [0.5, 0.6) is 0 Å². The number of likely N-dealkylation sites (tertiary alicyclic amines) is 2. The van der Waals surface area contributed by atoms with Gasteiger partial charge in [-0.25, -0.2) is 15.8 Å². The van der Waals surface area contributed by atoms with Crippen LogP contribution in [-0.4, -0.2) is 57.9 Å². The van der Waals surface area contributed by atoms with Crippen LogP contribution in [0.3, 0.4) is 0 Å². The lowest BCUT2D eigenvalue weighted by Gasteiger charge is -2.23. The van der Waals surface area contributed by atoms with Crippen molar-refractivity contribution in [2.24, 2.45) is 5.84 Å². The minimum absolute atomic E-state index is 0.0391. The second-order valence-corrected chi connectivity index (χ2v) is 5.37. The van der Waals surface area contributed by atoms with Gasteiger partial charge in [-0.3, -0.25) is 9.69 Å². The molecule has 0 saturated carbocycles. The molecule has 7 nitrogen and oxygen atoms in total. The monoisotopic (exact) mass is 276 g/mol. The van der Waals surface area contributed by atoms with E-state index >= 15 is 0 Å². The number of hydrogen-bond acceptors (Lipinski definition) is 6. The highest BCUT2D eigenvalue weighted by Crippen LogP contribution is 2.21. The van der Waals surface area contributed by atoms with E-state index in [2.05, 4.69) is 20.3 Å². The number of nitrogen functional groups attached to an aromatic ring is 1. The van der Waals surface area contributed by atoms with Crippen molar-refractivity contribution in [3.63, 3.8) is 0 Å². The van der Waals surface area contributed by atoms with Crippen LogP contribution < -0.4 is 11.3 Å². The standard InChI is InChI=1S/C13H20N6O/c14-17-12-8-15-11(7-16-12)13(20)19-6-3-10(9-19)18-4-1-2-5-18/h7-8,10H,1-6,9,14H2,(H,16,17). The van der Waals surface area contributed by atoms with E-state index in [1.165, 1.54) is 38.3 Å². The molecule has 0 aliphatic carbocycles. The molecule has 1 atom stereocenters. The number of aromatic nitrogens is 2. The first-order valence-corrected chi connectivity index (χ1v) is 7.10. The normalized spacial score (nSPS) is 23.2. The van der Waals surface area contributed by atoms with E-state index in [9.17, 15) is 4.79 Å². The second kappa shape index (κ2) is 5.72. The van der Waals surface area contributed by atoms with Gasteiger partial charge in [0, 0.05) is 19.1 Å². The molecule has 1 unspecified atom stereocenters. The molecule has 0 radical (unpaired) electrons. The van der Waals surface area contributed by atoms with Crippen LogP contribution in [0.2, 0.25) is 0 Å². The number of nitrogens with two attached hydrogens (primary N) is 1. The molecule has 0 bridgehead atoms. The average molecular weight is 276 g/mol. The van der Waals surface area contributed by atoms with Crippen LogP contribution in [0.15, 0.2) is 12.4 Å². The third-order valence-electron chi connectivity index (χ3n) is 4.13. The van der Waals surface area contributed by atoms with Gasteiger partial charge in [-0.1, -0.05) is 0 Å². The van der Waals surface area contributed by atoms with E-state index in [-0.39, 0.29) is 5.91 Å². The Kier molecular flexibility index (Phi) is 3.79. The van der Waals surface area contributed by atoms with Crippen molar-refractivity contribution in [3.05, 3.63) is 18.1 Å². The topological polar surface area (TPSA) is 87.4 Å². The Hall–Kier alpha value is -1.73.